The van der Waals surface area contributed by atoms with Crippen molar-refractivity contribution in [3.63, 3.8) is 0 Å². The molecule has 30 heavy (non-hydrogen) atoms. The van der Waals surface area contributed by atoms with Gasteiger partial charge in [-0.3, -0.25) is 4.79 Å². The van der Waals surface area contributed by atoms with Gasteiger partial charge in [0.1, 0.15) is 4.90 Å². The number of sulfonamides is 1. The van der Waals surface area contributed by atoms with Gasteiger partial charge < -0.3 is 10.1 Å². The molecule has 0 aliphatic carbocycles. The molecular formula is C19H17Cl3N2O5S. The summed E-state index contributed by atoms with van der Waals surface area (Å²) in [6.07, 6.45) is 1.54. The maximum Gasteiger partial charge on any atom is 0.338 e. The molecule has 1 aliphatic rings. The summed E-state index contributed by atoms with van der Waals surface area (Å²) >= 11 is 17.9. The predicted octanol–water partition coefficient (Wildman–Crippen LogP) is 4.23. The van der Waals surface area contributed by atoms with Gasteiger partial charge in [-0.05, 0) is 49.2 Å². The molecule has 2 aromatic rings. The normalized spacial score (nSPS) is 14.5. The van der Waals surface area contributed by atoms with E-state index in [0.29, 0.717) is 18.1 Å². The highest BCUT2D eigenvalue weighted by Crippen LogP contribution is 2.28. The second-order valence-corrected chi connectivity index (χ2v) is 9.66. The zero-order chi connectivity index (χ0) is 21.9. The van der Waals surface area contributed by atoms with Crippen molar-refractivity contribution in [2.75, 3.05) is 25.0 Å². The molecule has 0 atom stereocenters. The van der Waals surface area contributed by atoms with Crippen LogP contribution < -0.4 is 5.32 Å². The minimum absolute atomic E-state index is 0.00629. The maximum atomic E-state index is 12.8. The average molecular weight is 492 g/mol. The van der Waals surface area contributed by atoms with Crippen LogP contribution in [0.2, 0.25) is 15.1 Å². The summed E-state index contributed by atoms with van der Waals surface area (Å²) in [4.78, 5) is 24.2. The number of carbonyl (C=O) groups is 2. The van der Waals surface area contributed by atoms with Crippen LogP contribution in [0.25, 0.3) is 0 Å². The van der Waals surface area contributed by atoms with Crippen LogP contribution in [0.4, 0.5) is 5.69 Å². The Kier molecular flexibility index (Phi) is 7.26. The minimum Gasteiger partial charge on any atom is -0.452 e. The number of nitrogens with one attached hydrogen (secondary N) is 1. The standard InChI is InChI=1S/C19H17Cl3N2O5S/c20-13-4-6-14(21)16(10-13)23-18(25)11-29-19(26)12-3-5-15(22)17(9-12)30(27,28)24-7-1-2-8-24/h3-6,9-10H,1-2,7-8,11H2,(H,23,25). The Morgan fingerprint density at radius 3 is 2.37 bits per heavy atom. The Balaban J connectivity index is 1.68. The Bertz CT molecular complexity index is 1090. The Hall–Kier alpha value is -1.84. The first-order valence-corrected chi connectivity index (χ1v) is 11.5. The van der Waals surface area contributed by atoms with Gasteiger partial charge in [0.2, 0.25) is 10.0 Å². The monoisotopic (exact) mass is 490 g/mol. The van der Waals surface area contributed by atoms with E-state index in [4.69, 9.17) is 39.5 Å². The molecule has 3 rings (SSSR count). The molecular weight excluding hydrogens is 475 g/mol. The van der Waals surface area contributed by atoms with Crippen LogP contribution in [0.5, 0.6) is 0 Å². The van der Waals surface area contributed by atoms with Crippen LogP contribution in [0.15, 0.2) is 41.3 Å². The number of esters is 1. The fourth-order valence-corrected chi connectivity index (χ4v) is 5.24. The van der Waals surface area contributed by atoms with Crippen molar-refractivity contribution >= 4 is 62.4 Å². The molecule has 0 bridgehead atoms. The summed E-state index contributed by atoms with van der Waals surface area (Å²) in [7, 11) is -3.82. The van der Waals surface area contributed by atoms with Crippen molar-refractivity contribution < 1.29 is 22.7 Å². The topological polar surface area (TPSA) is 92.8 Å². The van der Waals surface area contributed by atoms with Gasteiger partial charge in [0.15, 0.2) is 6.61 Å². The molecule has 0 radical (unpaired) electrons. The summed E-state index contributed by atoms with van der Waals surface area (Å²) in [5.41, 5.74) is 0.237. The smallest absolute Gasteiger partial charge is 0.338 e. The highest BCUT2D eigenvalue weighted by Gasteiger charge is 2.30. The number of hydrogen-bond donors (Lipinski definition) is 1. The predicted molar refractivity (Wildman–Crippen MR) is 115 cm³/mol. The van der Waals surface area contributed by atoms with E-state index < -0.39 is 28.5 Å². The molecule has 0 aromatic heterocycles. The van der Waals surface area contributed by atoms with Gasteiger partial charge in [0, 0.05) is 18.1 Å². The molecule has 1 fully saturated rings. The third-order valence-electron chi connectivity index (χ3n) is 4.39. The van der Waals surface area contributed by atoms with Gasteiger partial charge in [0.25, 0.3) is 5.91 Å². The zero-order valence-corrected chi connectivity index (χ0v) is 18.6. The fraction of sp³-hybridized carbons (Fsp3) is 0.263. The molecule has 1 aliphatic heterocycles. The van der Waals surface area contributed by atoms with Crippen LogP contribution in [0.3, 0.4) is 0 Å². The first kappa shape index (κ1) is 22.8. The van der Waals surface area contributed by atoms with Crippen LogP contribution in [-0.4, -0.2) is 44.3 Å². The fourth-order valence-electron chi connectivity index (χ4n) is 2.89. The maximum absolute atomic E-state index is 12.8. The average Bonchev–Trinajstić information content (AvgIpc) is 3.25. The van der Waals surface area contributed by atoms with Gasteiger partial charge in [-0.1, -0.05) is 34.8 Å². The quantitative estimate of drug-likeness (QED) is 0.611. The second-order valence-electron chi connectivity index (χ2n) is 6.50. The molecule has 1 heterocycles. The molecule has 1 saturated heterocycles. The third-order valence-corrected chi connectivity index (χ3v) is 7.33. The molecule has 0 saturated carbocycles. The Morgan fingerprint density at radius 1 is 1.00 bits per heavy atom. The van der Waals surface area contributed by atoms with Crippen molar-refractivity contribution in [1.29, 1.82) is 0 Å². The minimum atomic E-state index is -3.82. The SMILES string of the molecule is O=C(COC(=O)c1ccc(Cl)c(S(=O)(=O)N2CCCC2)c1)Nc1cc(Cl)ccc1Cl. The number of hydrogen-bond acceptors (Lipinski definition) is 5. The van der Waals surface area contributed by atoms with Crippen LogP contribution in [0, 0.1) is 0 Å². The van der Waals surface area contributed by atoms with Crippen molar-refractivity contribution in [3.05, 3.63) is 57.0 Å². The van der Waals surface area contributed by atoms with Crippen molar-refractivity contribution in [3.8, 4) is 0 Å². The summed E-state index contributed by atoms with van der Waals surface area (Å²) in [6.45, 7) is 0.206. The first-order valence-electron chi connectivity index (χ1n) is 8.90. The van der Waals surface area contributed by atoms with E-state index in [2.05, 4.69) is 5.32 Å². The summed E-state index contributed by atoms with van der Waals surface area (Å²) in [5, 5.41) is 3.14. The number of nitrogens with zero attached hydrogens (tertiary/aromatic N) is 1. The first-order chi connectivity index (χ1) is 14.2. The van der Waals surface area contributed by atoms with Gasteiger partial charge in [-0.15, -0.1) is 0 Å². The van der Waals surface area contributed by atoms with E-state index in [9.17, 15) is 18.0 Å². The van der Waals surface area contributed by atoms with Gasteiger partial charge in [0.05, 0.1) is 21.3 Å². The number of benzene rings is 2. The molecule has 11 heteroatoms. The number of halogens is 3. The molecule has 0 unspecified atom stereocenters. The number of rotatable bonds is 6. The summed E-state index contributed by atoms with van der Waals surface area (Å²) < 4.78 is 31.8. The van der Waals surface area contributed by atoms with Crippen LogP contribution >= 0.6 is 34.8 Å². The Labute approximate surface area is 188 Å². The zero-order valence-electron chi connectivity index (χ0n) is 15.5. The van der Waals surface area contributed by atoms with E-state index in [-0.39, 0.29) is 26.2 Å². The van der Waals surface area contributed by atoms with Crippen molar-refractivity contribution in [2.45, 2.75) is 17.7 Å². The number of amides is 1. The highest BCUT2D eigenvalue weighted by molar-refractivity contribution is 7.89. The van der Waals surface area contributed by atoms with E-state index >= 15 is 0 Å². The molecule has 2 aromatic carbocycles. The lowest BCUT2D eigenvalue weighted by molar-refractivity contribution is -0.119. The molecule has 0 spiro atoms. The largest absolute Gasteiger partial charge is 0.452 e. The molecule has 7 nitrogen and oxygen atoms in total. The second kappa shape index (κ2) is 9.53. The van der Waals surface area contributed by atoms with Gasteiger partial charge >= 0.3 is 5.97 Å². The lowest BCUT2D eigenvalue weighted by Crippen LogP contribution is -2.28. The number of carbonyl (C=O) groups excluding carboxylic acids is 2. The van der Waals surface area contributed by atoms with E-state index in [0.717, 1.165) is 18.9 Å². The summed E-state index contributed by atoms with van der Waals surface area (Å²) in [6, 6.07) is 8.34. The lowest BCUT2D eigenvalue weighted by atomic mass is 10.2. The molecule has 1 amide bonds. The lowest BCUT2D eigenvalue weighted by Gasteiger charge is -2.17. The van der Waals surface area contributed by atoms with E-state index in [1.165, 1.54) is 28.6 Å². The summed E-state index contributed by atoms with van der Waals surface area (Å²) in [5.74, 6) is -1.50. The van der Waals surface area contributed by atoms with Crippen molar-refractivity contribution in [1.82, 2.24) is 4.31 Å². The Morgan fingerprint density at radius 2 is 1.67 bits per heavy atom. The molecule has 160 valence electrons. The van der Waals surface area contributed by atoms with Crippen molar-refractivity contribution in [2.24, 2.45) is 0 Å². The number of anilines is 1. The van der Waals surface area contributed by atoms with Gasteiger partial charge in [-0.25, -0.2) is 13.2 Å². The van der Waals surface area contributed by atoms with Crippen LogP contribution in [-0.2, 0) is 19.6 Å². The van der Waals surface area contributed by atoms with Crippen LogP contribution in [0.1, 0.15) is 23.2 Å². The highest BCUT2D eigenvalue weighted by atomic mass is 35.5. The third kappa shape index (κ3) is 5.25. The van der Waals surface area contributed by atoms with E-state index in [1.54, 1.807) is 6.07 Å². The molecule has 1 N–H and O–H groups in total. The van der Waals surface area contributed by atoms with Gasteiger partial charge in [-0.2, -0.15) is 4.31 Å². The van der Waals surface area contributed by atoms with E-state index in [1.807, 2.05) is 0 Å². The number of ether oxygens (including phenoxy) is 1.